The van der Waals surface area contributed by atoms with Crippen LogP contribution in [-0.2, 0) is 19.6 Å². The van der Waals surface area contributed by atoms with Gasteiger partial charge in [-0.05, 0) is 43.5 Å². The van der Waals surface area contributed by atoms with Crippen LogP contribution in [0.5, 0.6) is 0 Å². The van der Waals surface area contributed by atoms with Crippen LogP contribution in [0.15, 0.2) is 29.2 Å². The van der Waals surface area contributed by atoms with Crippen molar-refractivity contribution in [1.82, 2.24) is 4.72 Å². The van der Waals surface area contributed by atoms with Gasteiger partial charge in [0.15, 0.2) is 0 Å². The number of ether oxygens (including phenoxy) is 1. The summed E-state index contributed by atoms with van der Waals surface area (Å²) in [7, 11) is -3.80. The SMILES string of the molecule is CCCCCCCCCCCCCCCCCC(=O)NS(=O)(=O)c1ccc(N)cc1.CCCCCCCCCCCCOCCCCCCCCCCCC.[NaH]. The Hall–Kier alpha value is -0.600. The molecule has 0 heterocycles. The molecule has 3 N–H and O–H groups in total. The summed E-state index contributed by atoms with van der Waals surface area (Å²) in [5, 5.41) is 0. The van der Waals surface area contributed by atoms with E-state index in [0.29, 0.717) is 5.69 Å². The first-order chi connectivity index (χ1) is 26.9. The quantitative estimate of drug-likeness (QED) is 0.0390. The van der Waals surface area contributed by atoms with Gasteiger partial charge in [-0.2, -0.15) is 0 Å². The van der Waals surface area contributed by atoms with Crippen LogP contribution in [0.25, 0.3) is 0 Å². The minimum atomic E-state index is -3.80. The van der Waals surface area contributed by atoms with E-state index in [-0.39, 0.29) is 40.9 Å². The van der Waals surface area contributed by atoms with Crippen molar-refractivity contribution in [2.45, 2.75) is 257 Å². The van der Waals surface area contributed by atoms with Gasteiger partial charge >= 0.3 is 29.6 Å². The van der Waals surface area contributed by atoms with Crippen molar-refractivity contribution in [3.8, 4) is 0 Å². The van der Waals surface area contributed by atoms with Gasteiger partial charge in [0.1, 0.15) is 0 Å². The molecule has 1 rings (SSSR count). The fourth-order valence-corrected chi connectivity index (χ4v) is 8.06. The normalized spacial score (nSPS) is 11.2. The van der Waals surface area contributed by atoms with Crippen LogP contribution in [-0.4, -0.2) is 57.1 Å². The van der Waals surface area contributed by atoms with E-state index in [1.807, 2.05) is 0 Å². The summed E-state index contributed by atoms with van der Waals surface area (Å²) < 4.78 is 32.2. The van der Waals surface area contributed by atoms with Gasteiger partial charge < -0.3 is 10.5 Å². The van der Waals surface area contributed by atoms with Gasteiger partial charge in [-0.1, -0.05) is 226 Å². The zero-order valence-corrected chi connectivity index (χ0v) is 37.6. The third-order valence-corrected chi connectivity index (χ3v) is 12.1. The van der Waals surface area contributed by atoms with Crippen molar-refractivity contribution in [3.05, 3.63) is 24.3 Å². The molecule has 0 atom stereocenters. The minimum absolute atomic E-state index is 0. The van der Waals surface area contributed by atoms with E-state index >= 15 is 0 Å². The molecule has 0 radical (unpaired) electrons. The average Bonchev–Trinajstić information content (AvgIpc) is 3.17. The van der Waals surface area contributed by atoms with Crippen molar-refractivity contribution >= 4 is 51.2 Å². The van der Waals surface area contributed by atoms with E-state index in [1.165, 1.54) is 230 Å². The first-order valence-corrected chi connectivity index (χ1v) is 25.3. The number of nitrogen functional groups attached to an aromatic ring is 1. The van der Waals surface area contributed by atoms with E-state index in [0.717, 1.165) is 32.5 Å². The van der Waals surface area contributed by atoms with Gasteiger partial charge in [0.05, 0.1) is 4.90 Å². The van der Waals surface area contributed by atoms with Gasteiger partial charge in [0.25, 0.3) is 10.0 Å². The molecule has 1 aromatic rings. The molecule has 0 saturated carbocycles. The summed E-state index contributed by atoms with van der Waals surface area (Å²) in [4.78, 5) is 12.0. The maximum atomic E-state index is 12.1. The molecule has 0 unspecified atom stereocenters. The number of unbranched alkanes of at least 4 members (excludes halogenated alkanes) is 32. The summed E-state index contributed by atoms with van der Waals surface area (Å²) in [5.74, 6) is -0.443. The Labute approximate surface area is 371 Å². The van der Waals surface area contributed by atoms with Crippen molar-refractivity contribution in [2.24, 2.45) is 0 Å². The molecule has 6 nitrogen and oxygen atoms in total. The second-order valence-corrected chi connectivity index (χ2v) is 18.0. The third-order valence-electron chi connectivity index (χ3n) is 10.7. The maximum absolute atomic E-state index is 12.1. The molecule has 0 spiro atoms. The number of rotatable bonds is 40. The second-order valence-electron chi connectivity index (χ2n) is 16.3. The van der Waals surface area contributed by atoms with Crippen LogP contribution in [0.1, 0.15) is 252 Å². The Morgan fingerprint density at radius 3 is 1.04 bits per heavy atom. The van der Waals surface area contributed by atoms with E-state index in [9.17, 15) is 13.2 Å². The Morgan fingerprint density at radius 1 is 0.464 bits per heavy atom. The number of hydrogen-bond donors (Lipinski definition) is 2. The molecule has 0 aliphatic rings. The summed E-state index contributed by atoms with van der Waals surface area (Å²) in [6, 6.07) is 5.82. The Kier molecular flexibility index (Phi) is 46.7. The van der Waals surface area contributed by atoms with Crippen LogP contribution in [0.3, 0.4) is 0 Å². The number of amides is 1. The first-order valence-electron chi connectivity index (χ1n) is 23.9. The summed E-state index contributed by atoms with van der Waals surface area (Å²) in [6.07, 6.45) is 47.3. The standard InChI is InChI=1S/C24H42N2O3S.C24H50O.Na.H/c1-2-3-4-5-6-7-8-9-10-11-12-13-14-15-16-17-24(27)26-30(28,29)23-20-18-22(25)19-21-23;1-3-5-7-9-11-13-15-17-19-21-23-25-24-22-20-18-16-14-12-10-8-6-4-2;;/h18-21H,2-17,25H2,1H3,(H,26,27);3-24H2,1-2H3;;. The predicted molar refractivity (Wildman–Crippen MR) is 247 cm³/mol. The molecule has 8 heteroatoms. The van der Waals surface area contributed by atoms with Crippen molar-refractivity contribution in [3.63, 3.8) is 0 Å². The molecule has 0 saturated heterocycles. The number of benzene rings is 1. The fraction of sp³-hybridized carbons (Fsp3) is 0.854. The molecule has 56 heavy (non-hydrogen) atoms. The molecule has 0 fully saturated rings. The average molecular weight is 817 g/mol. The van der Waals surface area contributed by atoms with Gasteiger partial charge in [-0.15, -0.1) is 0 Å². The number of nitrogens with one attached hydrogen (secondary N) is 1. The topological polar surface area (TPSA) is 98.5 Å². The second kappa shape index (κ2) is 45.5. The monoisotopic (exact) mass is 817 g/mol. The summed E-state index contributed by atoms with van der Waals surface area (Å²) >= 11 is 0. The molecule has 1 amide bonds. The van der Waals surface area contributed by atoms with Gasteiger partial charge in [0.2, 0.25) is 5.91 Å². The van der Waals surface area contributed by atoms with Crippen molar-refractivity contribution < 1.29 is 17.9 Å². The number of hydrogen-bond acceptors (Lipinski definition) is 5. The molecule has 0 aliphatic carbocycles. The summed E-state index contributed by atoms with van der Waals surface area (Å²) in [6.45, 7) is 8.83. The molecular weight excluding hydrogens is 724 g/mol. The molecule has 1 aromatic carbocycles. The van der Waals surface area contributed by atoms with Crippen LogP contribution < -0.4 is 10.5 Å². The van der Waals surface area contributed by atoms with Crippen molar-refractivity contribution in [2.75, 3.05) is 18.9 Å². The van der Waals surface area contributed by atoms with Gasteiger partial charge in [0, 0.05) is 25.3 Å². The number of nitrogens with two attached hydrogens (primary N) is 1. The Morgan fingerprint density at radius 2 is 0.732 bits per heavy atom. The third kappa shape index (κ3) is 41.6. The van der Waals surface area contributed by atoms with Gasteiger partial charge in [-0.25, -0.2) is 13.1 Å². The van der Waals surface area contributed by atoms with Crippen LogP contribution in [0.4, 0.5) is 5.69 Å². The zero-order valence-electron chi connectivity index (χ0n) is 36.8. The van der Waals surface area contributed by atoms with Crippen LogP contribution in [0.2, 0.25) is 0 Å². The molecule has 326 valence electrons. The molecule has 0 bridgehead atoms. The van der Waals surface area contributed by atoms with Crippen LogP contribution >= 0.6 is 0 Å². The number of carbonyl (C=O) groups excluding carboxylic acids is 1. The fourth-order valence-electron chi connectivity index (χ4n) is 7.05. The van der Waals surface area contributed by atoms with Crippen molar-refractivity contribution in [1.29, 1.82) is 0 Å². The Bertz CT molecular complexity index is 1020. The van der Waals surface area contributed by atoms with Crippen LogP contribution in [0, 0.1) is 0 Å². The molecular formula is C48H93N2NaO4S. The number of anilines is 1. The zero-order chi connectivity index (χ0) is 40.3. The molecule has 0 aromatic heterocycles. The van der Waals surface area contributed by atoms with E-state index in [2.05, 4.69) is 25.5 Å². The van der Waals surface area contributed by atoms with E-state index in [4.69, 9.17) is 10.5 Å². The van der Waals surface area contributed by atoms with E-state index < -0.39 is 15.9 Å². The Balaban J connectivity index is 0. The number of carbonyl (C=O) groups is 1. The predicted octanol–water partition coefficient (Wildman–Crippen LogP) is 14.5. The molecule has 0 aliphatic heterocycles. The first kappa shape index (κ1) is 57.5. The van der Waals surface area contributed by atoms with Gasteiger partial charge in [-0.3, -0.25) is 4.79 Å². The number of sulfonamides is 1. The van der Waals surface area contributed by atoms with E-state index in [1.54, 1.807) is 0 Å². The summed E-state index contributed by atoms with van der Waals surface area (Å²) in [5.41, 5.74) is 6.04.